The summed E-state index contributed by atoms with van der Waals surface area (Å²) >= 11 is 0. The molecule has 0 radical (unpaired) electrons. The van der Waals surface area contributed by atoms with Gasteiger partial charge in [-0.15, -0.1) is 0 Å². The lowest BCUT2D eigenvalue weighted by atomic mass is 10.1. The molecule has 0 aromatic heterocycles. The molecule has 7 nitrogen and oxygen atoms in total. The van der Waals surface area contributed by atoms with Crippen LogP contribution >= 0.6 is 0 Å². The van der Waals surface area contributed by atoms with Gasteiger partial charge in [-0.05, 0) is 49.2 Å². The molecule has 1 aliphatic carbocycles. The highest BCUT2D eigenvalue weighted by molar-refractivity contribution is 7.89. The molecule has 2 amide bonds. The predicted octanol–water partition coefficient (Wildman–Crippen LogP) is 3.14. The molecule has 11 heteroatoms. The molecule has 1 atom stereocenters. The molecule has 1 saturated carbocycles. The highest BCUT2D eigenvalue weighted by Gasteiger charge is 2.37. The largest absolute Gasteiger partial charge is 0.416 e. The lowest BCUT2D eigenvalue weighted by Crippen LogP contribution is -2.28. The van der Waals surface area contributed by atoms with Gasteiger partial charge in [-0.2, -0.15) is 13.2 Å². The number of benzene rings is 2. The highest BCUT2D eigenvalue weighted by Crippen LogP contribution is 2.33. The van der Waals surface area contributed by atoms with E-state index in [0.29, 0.717) is 0 Å². The van der Waals surface area contributed by atoms with Crippen LogP contribution in [0.2, 0.25) is 0 Å². The number of anilines is 2. The zero-order valence-corrected chi connectivity index (χ0v) is 17.5. The first kappa shape index (κ1) is 22.3. The van der Waals surface area contributed by atoms with Crippen molar-refractivity contribution >= 4 is 33.2 Å². The zero-order valence-electron chi connectivity index (χ0n) is 16.7. The molecular formula is C21H20F3N3O4S. The Morgan fingerprint density at radius 2 is 1.78 bits per heavy atom. The first-order valence-electron chi connectivity index (χ1n) is 9.94. The summed E-state index contributed by atoms with van der Waals surface area (Å²) in [6.45, 7) is -0.0762. The van der Waals surface area contributed by atoms with Crippen molar-refractivity contribution in [1.29, 1.82) is 0 Å². The third-order valence-corrected chi connectivity index (χ3v) is 6.81. The topological polar surface area (TPSA) is 95.6 Å². The van der Waals surface area contributed by atoms with E-state index >= 15 is 0 Å². The van der Waals surface area contributed by atoms with Crippen LogP contribution in [-0.4, -0.2) is 32.8 Å². The van der Waals surface area contributed by atoms with Crippen LogP contribution in [0.3, 0.4) is 0 Å². The second-order valence-corrected chi connectivity index (χ2v) is 9.58. The van der Waals surface area contributed by atoms with Crippen LogP contribution in [0, 0.1) is 5.92 Å². The van der Waals surface area contributed by atoms with Crippen molar-refractivity contribution in [2.24, 2.45) is 5.92 Å². The van der Waals surface area contributed by atoms with Gasteiger partial charge in [0.2, 0.25) is 21.8 Å². The smallest absolute Gasteiger partial charge is 0.326 e. The first-order valence-corrected chi connectivity index (χ1v) is 11.4. The van der Waals surface area contributed by atoms with E-state index in [-0.39, 0.29) is 35.3 Å². The van der Waals surface area contributed by atoms with Gasteiger partial charge < -0.3 is 10.2 Å². The molecule has 2 aromatic rings. The summed E-state index contributed by atoms with van der Waals surface area (Å²) in [5.41, 5.74) is -0.563. The highest BCUT2D eigenvalue weighted by atomic mass is 32.2. The Labute approximate surface area is 182 Å². The number of rotatable bonds is 6. The van der Waals surface area contributed by atoms with Crippen LogP contribution < -0.4 is 14.9 Å². The minimum Gasteiger partial charge on any atom is -0.326 e. The monoisotopic (exact) mass is 467 g/mol. The number of nitrogens with zero attached hydrogens (tertiary/aromatic N) is 1. The Bertz CT molecular complexity index is 1160. The number of nitrogens with one attached hydrogen (secondary N) is 2. The molecule has 2 N–H and O–H groups in total. The Balaban J connectivity index is 1.45. The number of halogens is 3. The van der Waals surface area contributed by atoms with Gasteiger partial charge in [0, 0.05) is 30.4 Å². The van der Waals surface area contributed by atoms with Crippen LogP contribution in [0.15, 0.2) is 53.4 Å². The number of hydrogen-bond acceptors (Lipinski definition) is 4. The summed E-state index contributed by atoms with van der Waals surface area (Å²) in [4.78, 5) is 26.2. The normalized spacial score (nSPS) is 19.3. The van der Waals surface area contributed by atoms with Crippen LogP contribution in [0.1, 0.15) is 24.8 Å². The number of carbonyl (C=O) groups excluding carboxylic acids is 2. The quantitative estimate of drug-likeness (QED) is 0.683. The molecule has 170 valence electrons. The molecule has 0 bridgehead atoms. The van der Waals surface area contributed by atoms with E-state index < -0.39 is 39.5 Å². The van der Waals surface area contributed by atoms with Gasteiger partial charge in [0.25, 0.3) is 0 Å². The third-order valence-electron chi connectivity index (χ3n) is 5.29. The third kappa shape index (κ3) is 4.94. The molecule has 2 fully saturated rings. The van der Waals surface area contributed by atoms with E-state index in [2.05, 4.69) is 10.0 Å². The average Bonchev–Trinajstić information content (AvgIpc) is 3.44. The molecule has 2 aromatic carbocycles. The van der Waals surface area contributed by atoms with Crippen molar-refractivity contribution < 1.29 is 31.2 Å². The van der Waals surface area contributed by atoms with Gasteiger partial charge in [-0.25, -0.2) is 13.1 Å². The number of sulfonamides is 1. The van der Waals surface area contributed by atoms with Crippen molar-refractivity contribution in [1.82, 2.24) is 4.72 Å². The zero-order chi connectivity index (χ0) is 23.1. The fraction of sp³-hybridized carbons (Fsp3) is 0.333. The molecule has 32 heavy (non-hydrogen) atoms. The maximum absolute atomic E-state index is 13.0. The van der Waals surface area contributed by atoms with E-state index in [9.17, 15) is 31.2 Å². The molecular weight excluding hydrogens is 447 g/mol. The van der Waals surface area contributed by atoms with Crippen molar-refractivity contribution in [3.63, 3.8) is 0 Å². The molecule has 1 saturated heterocycles. The second-order valence-electron chi connectivity index (χ2n) is 7.87. The summed E-state index contributed by atoms with van der Waals surface area (Å²) in [5, 5.41) is 2.60. The van der Waals surface area contributed by atoms with E-state index in [1.54, 1.807) is 0 Å². The van der Waals surface area contributed by atoms with Crippen molar-refractivity contribution in [3.05, 3.63) is 54.1 Å². The molecule has 4 rings (SSSR count). The van der Waals surface area contributed by atoms with Crippen LogP contribution in [-0.2, 0) is 25.8 Å². The standard InChI is InChI=1S/C21H20F3N3O4S/c22-21(23,24)14-3-1-5-17(10-14)27-12-13(9-19(27)28)20(29)25-16-4-2-6-18(11-16)32(30,31)26-15-7-8-15/h1-6,10-11,13,15,26H,7-9,12H2,(H,25,29). The molecule has 2 aliphatic rings. The van der Waals surface area contributed by atoms with Crippen molar-refractivity contribution in [3.8, 4) is 0 Å². The van der Waals surface area contributed by atoms with Crippen LogP contribution in [0.4, 0.5) is 24.5 Å². The van der Waals surface area contributed by atoms with Crippen LogP contribution in [0.5, 0.6) is 0 Å². The molecule has 1 unspecified atom stereocenters. The molecule has 0 spiro atoms. The van der Waals surface area contributed by atoms with E-state index in [4.69, 9.17) is 0 Å². The van der Waals surface area contributed by atoms with Crippen molar-refractivity contribution in [2.45, 2.75) is 36.4 Å². The fourth-order valence-electron chi connectivity index (χ4n) is 3.46. The maximum atomic E-state index is 13.0. The van der Waals surface area contributed by atoms with Gasteiger partial charge in [0.05, 0.1) is 16.4 Å². The minimum atomic E-state index is -4.55. The SMILES string of the molecule is O=C(Nc1cccc(S(=O)(=O)NC2CC2)c1)C1CC(=O)N(c2cccc(C(F)(F)F)c2)C1. The Hall–Kier alpha value is -2.92. The van der Waals surface area contributed by atoms with E-state index in [1.807, 2.05) is 0 Å². The summed E-state index contributed by atoms with van der Waals surface area (Å²) in [6, 6.07) is 10.1. The lowest BCUT2D eigenvalue weighted by Gasteiger charge is -2.18. The van der Waals surface area contributed by atoms with Gasteiger partial charge >= 0.3 is 6.18 Å². The summed E-state index contributed by atoms with van der Waals surface area (Å²) in [7, 11) is -3.70. The summed E-state index contributed by atoms with van der Waals surface area (Å²) < 4.78 is 66.2. The fourth-order valence-corrected chi connectivity index (χ4v) is 4.81. The van der Waals surface area contributed by atoms with Gasteiger partial charge in [-0.3, -0.25) is 9.59 Å². The molecule has 1 heterocycles. The summed E-state index contributed by atoms with van der Waals surface area (Å²) in [5.74, 6) is -1.77. The Morgan fingerprint density at radius 1 is 1.06 bits per heavy atom. The number of carbonyl (C=O) groups is 2. The summed E-state index contributed by atoms with van der Waals surface area (Å²) in [6.07, 6.45) is -3.14. The average molecular weight is 467 g/mol. The Morgan fingerprint density at radius 3 is 2.47 bits per heavy atom. The first-order chi connectivity index (χ1) is 15.0. The predicted molar refractivity (Wildman–Crippen MR) is 110 cm³/mol. The Kier molecular flexibility index (Phi) is 5.72. The molecule has 1 aliphatic heterocycles. The second kappa shape index (κ2) is 8.21. The van der Waals surface area contributed by atoms with Gasteiger partial charge in [0.1, 0.15) is 0 Å². The number of amides is 2. The maximum Gasteiger partial charge on any atom is 0.416 e. The van der Waals surface area contributed by atoms with E-state index in [1.165, 1.54) is 36.4 Å². The van der Waals surface area contributed by atoms with Gasteiger partial charge in [-0.1, -0.05) is 12.1 Å². The number of alkyl halides is 3. The van der Waals surface area contributed by atoms with Gasteiger partial charge in [0.15, 0.2) is 0 Å². The minimum absolute atomic E-state index is 0.00953. The number of hydrogen-bond donors (Lipinski definition) is 2. The van der Waals surface area contributed by atoms with Crippen LogP contribution in [0.25, 0.3) is 0 Å². The lowest BCUT2D eigenvalue weighted by molar-refractivity contribution is -0.137. The van der Waals surface area contributed by atoms with Crippen molar-refractivity contribution in [2.75, 3.05) is 16.8 Å². The van der Waals surface area contributed by atoms with E-state index in [0.717, 1.165) is 29.9 Å².